The molecule has 0 aromatic rings. The molecular formula is C12H14O. The minimum absolute atomic E-state index is 0.0816. The summed E-state index contributed by atoms with van der Waals surface area (Å²) in [6, 6.07) is 0. The lowest BCUT2D eigenvalue weighted by Crippen LogP contribution is -1.81. The van der Waals surface area contributed by atoms with Crippen molar-refractivity contribution in [1.29, 1.82) is 0 Å². The fourth-order valence-electron chi connectivity index (χ4n) is 0.621. The van der Waals surface area contributed by atoms with Crippen LogP contribution in [0.5, 0.6) is 0 Å². The number of hydrogen-bond donors (Lipinski definition) is 1. The normalized spacial score (nSPS) is 11.2. The van der Waals surface area contributed by atoms with Gasteiger partial charge in [0, 0.05) is 0 Å². The maximum Gasteiger partial charge on any atom is 0.115 e. The van der Waals surface area contributed by atoms with E-state index < -0.39 is 0 Å². The van der Waals surface area contributed by atoms with Gasteiger partial charge in [0.1, 0.15) is 5.76 Å². The van der Waals surface area contributed by atoms with E-state index in [4.69, 9.17) is 5.11 Å². The number of allylic oxidation sites excluding steroid dienone is 7. The zero-order chi connectivity index (χ0) is 10.3. The van der Waals surface area contributed by atoms with Gasteiger partial charge >= 0.3 is 0 Å². The van der Waals surface area contributed by atoms with Crippen LogP contribution in [0.25, 0.3) is 0 Å². The smallest absolute Gasteiger partial charge is 0.115 e. The molecule has 0 aliphatic carbocycles. The van der Waals surface area contributed by atoms with Gasteiger partial charge in [0.15, 0.2) is 0 Å². The molecule has 0 radical (unpaired) electrons. The molecule has 0 amide bonds. The molecule has 0 aromatic heterocycles. The molecule has 0 aromatic carbocycles. The number of aliphatic hydroxyl groups is 1. The van der Waals surface area contributed by atoms with Crippen molar-refractivity contribution in [3.63, 3.8) is 0 Å². The monoisotopic (exact) mass is 174 g/mol. The molecule has 0 aliphatic heterocycles. The van der Waals surface area contributed by atoms with E-state index in [1.165, 1.54) is 12.2 Å². The highest BCUT2D eigenvalue weighted by atomic mass is 16.3. The average Bonchev–Trinajstić information content (AvgIpc) is 2.13. The van der Waals surface area contributed by atoms with E-state index in [0.717, 1.165) is 5.57 Å². The largest absolute Gasteiger partial charge is 0.508 e. The summed E-state index contributed by atoms with van der Waals surface area (Å²) in [5, 5.41) is 9.10. The van der Waals surface area contributed by atoms with Crippen LogP contribution < -0.4 is 0 Å². The molecule has 0 saturated carbocycles. The molecule has 0 spiro atoms. The molecule has 0 unspecified atom stereocenters. The Morgan fingerprint density at radius 1 is 1.08 bits per heavy atom. The highest BCUT2D eigenvalue weighted by Crippen LogP contribution is 2.10. The Labute approximate surface area is 79.4 Å². The van der Waals surface area contributed by atoms with Gasteiger partial charge in [-0.15, -0.1) is 0 Å². The van der Waals surface area contributed by atoms with Crippen LogP contribution in [0.2, 0.25) is 0 Å². The fourth-order valence-corrected chi connectivity index (χ4v) is 0.621. The van der Waals surface area contributed by atoms with E-state index in [1.54, 1.807) is 18.2 Å². The van der Waals surface area contributed by atoms with Crippen molar-refractivity contribution in [2.45, 2.75) is 0 Å². The third-order valence-corrected chi connectivity index (χ3v) is 1.38. The van der Waals surface area contributed by atoms with E-state index in [2.05, 4.69) is 26.3 Å². The Morgan fingerprint density at radius 3 is 2.15 bits per heavy atom. The van der Waals surface area contributed by atoms with E-state index in [-0.39, 0.29) is 5.76 Å². The van der Waals surface area contributed by atoms with Crippen LogP contribution in [0.4, 0.5) is 0 Å². The lowest BCUT2D eigenvalue weighted by molar-refractivity contribution is 0.432. The highest BCUT2D eigenvalue weighted by molar-refractivity contribution is 5.44. The molecule has 1 nitrogen and oxygen atoms in total. The summed E-state index contributed by atoms with van der Waals surface area (Å²) in [5.74, 6) is 0.0816. The summed E-state index contributed by atoms with van der Waals surface area (Å²) in [6.45, 7) is 14.4. The zero-order valence-electron chi connectivity index (χ0n) is 7.66. The van der Waals surface area contributed by atoms with Crippen LogP contribution in [-0.2, 0) is 0 Å². The molecular weight excluding hydrogens is 160 g/mol. The molecule has 1 N–H and O–H groups in total. The Kier molecular flexibility index (Phi) is 5.05. The Hall–Kier alpha value is -1.76. The Bertz CT molecular complexity index is 290. The average molecular weight is 174 g/mol. The zero-order valence-corrected chi connectivity index (χ0v) is 7.66. The van der Waals surface area contributed by atoms with Gasteiger partial charge in [-0.1, -0.05) is 44.5 Å². The van der Waals surface area contributed by atoms with E-state index >= 15 is 0 Å². The second-order valence-corrected chi connectivity index (χ2v) is 2.42. The summed E-state index contributed by atoms with van der Waals surface area (Å²) in [4.78, 5) is 0. The summed E-state index contributed by atoms with van der Waals surface area (Å²) in [7, 11) is 0. The highest BCUT2D eigenvalue weighted by Gasteiger charge is 1.92. The van der Waals surface area contributed by atoms with Crippen molar-refractivity contribution >= 4 is 0 Å². The summed E-state index contributed by atoms with van der Waals surface area (Å²) in [6.07, 6.45) is 8.02. The molecule has 13 heavy (non-hydrogen) atoms. The first-order valence-corrected chi connectivity index (χ1v) is 3.82. The Balaban J connectivity index is 4.44. The van der Waals surface area contributed by atoms with Gasteiger partial charge in [0.05, 0.1) is 0 Å². The quantitative estimate of drug-likeness (QED) is 0.500. The van der Waals surface area contributed by atoms with Crippen LogP contribution in [0.15, 0.2) is 73.6 Å². The van der Waals surface area contributed by atoms with Crippen molar-refractivity contribution in [2.24, 2.45) is 0 Å². The minimum Gasteiger partial charge on any atom is -0.508 e. The SMILES string of the molecule is C=C/C=C\C(=C)C(=C)/C=C(/O)C=C. The first-order chi connectivity index (χ1) is 6.11. The van der Waals surface area contributed by atoms with Gasteiger partial charge in [-0.25, -0.2) is 0 Å². The standard InChI is InChI=1S/C12H14O/c1-5-7-8-10(3)11(4)9-12(13)6-2/h5-9,13H,1-4H2/b8-7-,12-9+. The number of rotatable bonds is 5. The molecule has 0 bridgehead atoms. The van der Waals surface area contributed by atoms with Crippen molar-refractivity contribution in [3.8, 4) is 0 Å². The maximum absolute atomic E-state index is 9.10. The molecule has 0 rings (SSSR count). The third-order valence-electron chi connectivity index (χ3n) is 1.38. The first-order valence-electron chi connectivity index (χ1n) is 3.82. The molecule has 68 valence electrons. The summed E-state index contributed by atoms with van der Waals surface area (Å²) < 4.78 is 0. The predicted molar refractivity (Wildman–Crippen MR) is 58.5 cm³/mol. The van der Waals surface area contributed by atoms with Crippen LogP contribution in [0.1, 0.15) is 0 Å². The van der Waals surface area contributed by atoms with Crippen LogP contribution in [0, 0.1) is 0 Å². The van der Waals surface area contributed by atoms with E-state index in [0.29, 0.717) is 5.57 Å². The fraction of sp³-hybridized carbons (Fsp3) is 0. The third kappa shape index (κ3) is 4.64. The second kappa shape index (κ2) is 5.84. The minimum atomic E-state index is 0.0816. The molecule has 0 atom stereocenters. The Morgan fingerprint density at radius 2 is 1.69 bits per heavy atom. The van der Waals surface area contributed by atoms with Crippen molar-refractivity contribution in [1.82, 2.24) is 0 Å². The van der Waals surface area contributed by atoms with Gasteiger partial charge in [-0.2, -0.15) is 0 Å². The lowest BCUT2D eigenvalue weighted by Gasteiger charge is -1.98. The van der Waals surface area contributed by atoms with Gasteiger partial charge in [0.2, 0.25) is 0 Å². The van der Waals surface area contributed by atoms with Crippen LogP contribution >= 0.6 is 0 Å². The van der Waals surface area contributed by atoms with Gasteiger partial charge < -0.3 is 5.11 Å². The summed E-state index contributed by atoms with van der Waals surface area (Å²) in [5.41, 5.74) is 1.38. The molecule has 1 heteroatoms. The number of hydrogen-bond acceptors (Lipinski definition) is 1. The molecule has 0 saturated heterocycles. The molecule has 0 aliphatic rings. The predicted octanol–water partition coefficient (Wildman–Crippen LogP) is 3.47. The second-order valence-electron chi connectivity index (χ2n) is 2.42. The van der Waals surface area contributed by atoms with E-state index in [9.17, 15) is 0 Å². The maximum atomic E-state index is 9.10. The van der Waals surface area contributed by atoms with Crippen LogP contribution in [-0.4, -0.2) is 5.11 Å². The van der Waals surface area contributed by atoms with Crippen molar-refractivity contribution < 1.29 is 5.11 Å². The first kappa shape index (κ1) is 11.2. The molecule has 0 heterocycles. The topological polar surface area (TPSA) is 20.2 Å². The van der Waals surface area contributed by atoms with Gasteiger partial charge in [0.25, 0.3) is 0 Å². The van der Waals surface area contributed by atoms with Crippen molar-refractivity contribution in [3.05, 3.63) is 73.6 Å². The lowest BCUT2D eigenvalue weighted by atomic mass is 10.1. The summed E-state index contributed by atoms with van der Waals surface area (Å²) >= 11 is 0. The van der Waals surface area contributed by atoms with Gasteiger partial charge in [-0.3, -0.25) is 0 Å². The molecule has 0 fully saturated rings. The van der Waals surface area contributed by atoms with E-state index in [1.807, 2.05) is 0 Å². The van der Waals surface area contributed by atoms with Gasteiger partial charge in [-0.05, 0) is 23.3 Å². The van der Waals surface area contributed by atoms with Crippen LogP contribution in [0.3, 0.4) is 0 Å². The number of aliphatic hydroxyl groups excluding tert-OH is 1. The van der Waals surface area contributed by atoms with Crippen molar-refractivity contribution in [2.75, 3.05) is 0 Å².